The standard InChI is InChI=1S/C17H16N4O2/c1-11-4-3-7-18-16(11)17-19-12(2)20-21(17)13-5-6-14-15(10-13)23-9-8-22-14/h3-7,10H,8-9H2,1-2H3. The summed E-state index contributed by atoms with van der Waals surface area (Å²) in [5.74, 6) is 2.90. The van der Waals surface area contributed by atoms with Crippen molar-refractivity contribution < 1.29 is 9.47 Å². The molecule has 0 spiro atoms. The Morgan fingerprint density at radius 2 is 1.87 bits per heavy atom. The van der Waals surface area contributed by atoms with Crippen LogP contribution in [0.25, 0.3) is 17.2 Å². The monoisotopic (exact) mass is 308 g/mol. The molecule has 0 N–H and O–H groups in total. The lowest BCUT2D eigenvalue weighted by Gasteiger charge is -2.19. The number of hydrogen-bond donors (Lipinski definition) is 0. The van der Waals surface area contributed by atoms with Gasteiger partial charge in [0, 0.05) is 12.3 Å². The van der Waals surface area contributed by atoms with Crippen LogP contribution in [0.4, 0.5) is 0 Å². The number of nitrogens with zero attached hydrogens (tertiary/aromatic N) is 4. The second-order valence-corrected chi connectivity index (χ2v) is 5.39. The van der Waals surface area contributed by atoms with Gasteiger partial charge in [-0.05, 0) is 37.6 Å². The molecule has 0 saturated heterocycles. The van der Waals surface area contributed by atoms with Crippen LogP contribution in [0.15, 0.2) is 36.5 Å². The van der Waals surface area contributed by atoms with Gasteiger partial charge in [0.25, 0.3) is 0 Å². The summed E-state index contributed by atoms with van der Waals surface area (Å²) in [6, 6.07) is 9.70. The summed E-state index contributed by atoms with van der Waals surface area (Å²) in [6.45, 7) is 5.02. The summed E-state index contributed by atoms with van der Waals surface area (Å²) < 4.78 is 13.0. The van der Waals surface area contributed by atoms with E-state index in [0.717, 1.165) is 34.3 Å². The molecule has 23 heavy (non-hydrogen) atoms. The first kappa shape index (κ1) is 13.8. The van der Waals surface area contributed by atoms with Crippen LogP contribution in [0.5, 0.6) is 11.5 Å². The molecule has 3 heterocycles. The molecule has 0 saturated carbocycles. The Morgan fingerprint density at radius 3 is 2.70 bits per heavy atom. The zero-order chi connectivity index (χ0) is 15.8. The molecule has 0 unspecified atom stereocenters. The fourth-order valence-corrected chi connectivity index (χ4v) is 2.63. The summed E-state index contributed by atoms with van der Waals surface area (Å²) in [4.78, 5) is 9.00. The Morgan fingerprint density at radius 1 is 1.04 bits per heavy atom. The first-order chi connectivity index (χ1) is 11.2. The summed E-state index contributed by atoms with van der Waals surface area (Å²) in [7, 11) is 0. The molecule has 1 aromatic carbocycles. The topological polar surface area (TPSA) is 62.1 Å². The van der Waals surface area contributed by atoms with Crippen LogP contribution >= 0.6 is 0 Å². The van der Waals surface area contributed by atoms with Crippen LogP contribution < -0.4 is 9.47 Å². The van der Waals surface area contributed by atoms with Gasteiger partial charge in [-0.1, -0.05) is 6.07 Å². The third-order valence-electron chi connectivity index (χ3n) is 3.70. The van der Waals surface area contributed by atoms with E-state index >= 15 is 0 Å². The summed E-state index contributed by atoms with van der Waals surface area (Å²) in [5.41, 5.74) is 2.75. The normalized spacial score (nSPS) is 13.1. The van der Waals surface area contributed by atoms with Gasteiger partial charge in [-0.15, -0.1) is 0 Å². The number of benzene rings is 1. The van der Waals surface area contributed by atoms with E-state index in [1.807, 2.05) is 44.2 Å². The van der Waals surface area contributed by atoms with Crippen molar-refractivity contribution in [3.63, 3.8) is 0 Å². The summed E-state index contributed by atoms with van der Waals surface area (Å²) >= 11 is 0. The molecule has 0 aliphatic carbocycles. The number of fused-ring (bicyclic) bond motifs is 1. The van der Waals surface area contributed by atoms with Gasteiger partial charge in [0.2, 0.25) is 0 Å². The lowest BCUT2D eigenvalue weighted by Crippen LogP contribution is -2.15. The SMILES string of the molecule is Cc1nc(-c2ncccc2C)n(-c2ccc3c(c2)OCCO3)n1. The zero-order valence-electron chi connectivity index (χ0n) is 13.0. The van der Waals surface area contributed by atoms with Gasteiger partial charge in [-0.3, -0.25) is 4.98 Å². The lowest BCUT2D eigenvalue weighted by atomic mass is 10.2. The number of aryl methyl sites for hydroxylation is 2. The van der Waals surface area contributed by atoms with Gasteiger partial charge in [0.1, 0.15) is 24.7 Å². The molecule has 3 aromatic rings. The van der Waals surface area contributed by atoms with Crippen molar-refractivity contribution >= 4 is 0 Å². The largest absolute Gasteiger partial charge is 0.486 e. The molecule has 4 rings (SSSR count). The lowest BCUT2D eigenvalue weighted by molar-refractivity contribution is 0.171. The zero-order valence-corrected chi connectivity index (χ0v) is 13.0. The van der Waals surface area contributed by atoms with Gasteiger partial charge in [-0.25, -0.2) is 9.67 Å². The van der Waals surface area contributed by atoms with Crippen molar-refractivity contribution in [1.29, 1.82) is 0 Å². The molecule has 2 aromatic heterocycles. The van der Waals surface area contributed by atoms with E-state index < -0.39 is 0 Å². The number of aromatic nitrogens is 4. The first-order valence-electron chi connectivity index (χ1n) is 7.48. The molecule has 116 valence electrons. The number of hydrogen-bond acceptors (Lipinski definition) is 5. The van der Waals surface area contributed by atoms with Crippen LogP contribution in [-0.2, 0) is 0 Å². The van der Waals surface area contributed by atoms with Crippen molar-refractivity contribution in [2.75, 3.05) is 13.2 Å². The van der Waals surface area contributed by atoms with Gasteiger partial charge in [0.15, 0.2) is 17.3 Å². The minimum absolute atomic E-state index is 0.555. The fraction of sp³-hybridized carbons (Fsp3) is 0.235. The van der Waals surface area contributed by atoms with E-state index in [-0.39, 0.29) is 0 Å². The number of rotatable bonds is 2. The van der Waals surface area contributed by atoms with E-state index in [1.165, 1.54) is 0 Å². The van der Waals surface area contributed by atoms with E-state index in [1.54, 1.807) is 10.9 Å². The average Bonchev–Trinajstić information content (AvgIpc) is 2.96. The average molecular weight is 308 g/mol. The highest BCUT2D eigenvalue weighted by Crippen LogP contribution is 2.33. The second-order valence-electron chi connectivity index (χ2n) is 5.39. The highest BCUT2D eigenvalue weighted by atomic mass is 16.6. The Kier molecular flexibility index (Phi) is 3.22. The van der Waals surface area contributed by atoms with E-state index in [0.29, 0.717) is 19.0 Å². The Balaban J connectivity index is 1.86. The molecular formula is C17H16N4O2. The fourth-order valence-electron chi connectivity index (χ4n) is 2.63. The maximum Gasteiger partial charge on any atom is 0.182 e. The van der Waals surface area contributed by atoms with Gasteiger partial charge in [-0.2, -0.15) is 5.10 Å². The summed E-state index contributed by atoms with van der Waals surface area (Å²) in [6.07, 6.45) is 1.76. The van der Waals surface area contributed by atoms with Gasteiger partial charge in [0.05, 0.1) is 5.69 Å². The minimum Gasteiger partial charge on any atom is -0.486 e. The van der Waals surface area contributed by atoms with Crippen LogP contribution in [0.3, 0.4) is 0 Å². The van der Waals surface area contributed by atoms with E-state index in [9.17, 15) is 0 Å². The van der Waals surface area contributed by atoms with Crippen LogP contribution in [0.1, 0.15) is 11.4 Å². The van der Waals surface area contributed by atoms with E-state index in [2.05, 4.69) is 15.1 Å². The molecule has 6 nitrogen and oxygen atoms in total. The molecule has 1 aliphatic rings. The molecule has 0 radical (unpaired) electrons. The smallest absolute Gasteiger partial charge is 0.182 e. The Hall–Kier alpha value is -2.89. The van der Waals surface area contributed by atoms with Gasteiger partial charge < -0.3 is 9.47 Å². The van der Waals surface area contributed by atoms with Crippen molar-refractivity contribution in [3.05, 3.63) is 47.9 Å². The molecule has 6 heteroatoms. The Labute approximate surface area is 133 Å². The van der Waals surface area contributed by atoms with Crippen LogP contribution in [0, 0.1) is 13.8 Å². The maximum absolute atomic E-state index is 5.66. The number of ether oxygens (including phenoxy) is 2. The van der Waals surface area contributed by atoms with E-state index in [4.69, 9.17) is 9.47 Å². The second kappa shape index (κ2) is 5.39. The van der Waals surface area contributed by atoms with Crippen molar-refractivity contribution in [2.45, 2.75) is 13.8 Å². The highest BCUT2D eigenvalue weighted by molar-refractivity contribution is 5.59. The molecule has 1 aliphatic heterocycles. The first-order valence-corrected chi connectivity index (χ1v) is 7.48. The molecule has 0 amide bonds. The van der Waals surface area contributed by atoms with Gasteiger partial charge >= 0.3 is 0 Å². The predicted molar refractivity (Wildman–Crippen MR) is 85.1 cm³/mol. The number of pyridine rings is 1. The predicted octanol–water partition coefficient (Wildman–Crippen LogP) is 2.72. The maximum atomic E-state index is 5.66. The highest BCUT2D eigenvalue weighted by Gasteiger charge is 2.18. The third kappa shape index (κ3) is 2.42. The molecule has 0 atom stereocenters. The quantitative estimate of drug-likeness (QED) is 0.728. The third-order valence-corrected chi connectivity index (χ3v) is 3.70. The van der Waals surface area contributed by atoms with Crippen LogP contribution in [-0.4, -0.2) is 33.0 Å². The minimum atomic E-state index is 0.555. The molecular weight excluding hydrogens is 292 g/mol. The summed E-state index contributed by atoms with van der Waals surface area (Å²) in [5, 5.41) is 4.52. The van der Waals surface area contributed by atoms with Crippen molar-refractivity contribution in [1.82, 2.24) is 19.7 Å². The molecule has 0 fully saturated rings. The molecule has 0 bridgehead atoms. The van der Waals surface area contributed by atoms with Crippen molar-refractivity contribution in [3.8, 4) is 28.7 Å². The Bertz CT molecular complexity index is 873. The van der Waals surface area contributed by atoms with Crippen molar-refractivity contribution in [2.24, 2.45) is 0 Å². The van der Waals surface area contributed by atoms with Crippen LogP contribution in [0.2, 0.25) is 0 Å².